The number of anilines is 1. The summed E-state index contributed by atoms with van der Waals surface area (Å²) in [5, 5.41) is 19.4. The highest BCUT2D eigenvalue weighted by atomic mass is 19.4. The lowest BCUT2D eigenvalue weighted by Gasteiger charge is -2.21. The van der Waals surface area contributed by atoms with E-state index in [-0.39, 0.29) is 5.75 Å². The predicted octanol–water partition coefficient (Wildman–Crippen LogP) is 1.23. The highest BCUT2D eigenvalue weighted by molar-refractivity contribution is 5.98. The van der Waals surface area contributed by atoms with E-state index < -0.39 is 34.6 Å². The second-order valence-corrected chi connectivity index (χ2v) is 3.74. The van der Waals surface area contributed by atoms with Gasteiger partial charge >= 0.3 is 18.0 Å². The van der Waals surface area contributed by atoms with Crippen LogP contribution in [-0.2, 0) is 4.79 Å². The number of quaternary nitrogens is 1. The van der Waals surface area contributed by atoms with E-state index in [2.05, 4.69) is 4.74 Å². The van der Waals surface area contributed by atoms with Crippen LogP contribution in [0.5, 0.6) is 5.75 Å². The second-order valence-electron chi connectivity index (χ2n) is 3.74. The molecule has 1 aromatic rings. The molecule has 0 aromatic heterocycles. The summed E-state index contributed by atoms with van der Waals surface area (Å²) in [4.78, 5) is 11.0. The number of rotatable bonds is 4. The Morgan fingerprint density at radius 2 is 1.90 bits per heavy atom. The number of alkyl halides is 5. The number of hydrogen-bond acceptors (Lipinski definition) is 4. The van der Waals surface area contributed by atoms with Crippen molar-refractivity contribution in [2.75, 3.05) is 12.4 Å². The van der Waals surface area contributed by atoms with Crippen molar-refractivity contribution in [2.45, 2.75) is 12.1 Å². The van der Waals surface area contributed by atoms with Crippen LogP contribution < -0.4 is 15.3 Å². The highest BCUT2D eigenvalue weighted by Gasteiger charge is 2.63. The van der Waals surface area contributed by atoms with Crippen molar-refractivity contribution in [3.63, 3.8) is 0 Å². The lowest BCUT2D eigenvalue weighted by Crippen LogP contribution is -2.99. The Morgan fingerprint density at radius 1 is 1.33 bits per heavy atom. The van der Waals surface area contributed by atoms with Gasteiger partial charge in [0.05, 0.1) is 7.11 Å². The largest absolute Gasteiger partial charge is 0.595 e. The van der Waals surface area contributed by atoms with Gasteiger partial charge in [0, 0.05) is 6.07 Å². The standard InChI is InChI=1S/C10H9F5N2O4/c1-21-5-2-3-6(7(4-5)17(19)20)16-8(18)9(11,12)10(13,14)15/h2-4,17,19H,1H3,(H,16,18). The van der Waals surface area contributed by atoms with Crippen molar-refractivity contribution in [3.05, 3.63) is 23.4 Å². The molecule has 1 unspecified atom stereocenters. The van der Waals surface area contributed by atoms with Crippen molar-refractivity contribution in [1.29, 1.82) is 0 Å². The molecule has 21 heavy (non-hydrogen) atoms. The fourth-order valence-corrected chi connectivity index (χ4v) is 1.27. The Labute approximate surface area is 114 Å². The first-order valence-corrected chi connectivity index (χ1v) is 5.18. The van der Waals surface area contributed by atoms with Gasteiger partial charge in [0.15, 0.2) is 5.69 Å². The van der Waals surface area contributed by atoms with E-state index in [0.29, 0.717) is 0 Å². The first-order valence-electron chi connectivity index (χ1n) is 5.18. The SMILES string of the molecule is COc1ccc(NC(=O)C(F)(F)C(F)(F)F)c([NH+]([O-])O)c1. The maximum absolute atomic E-state index is 12.8. The van der Waals surface area contributed by atoms with Crippen LogP contribution in [0.15, 0.2) is 18.2 Å². The summed E-state index contributed by atoms with van der Waals surface area (Å²) in [6, 6.07) is 2.80. The molecule has 1 rings (SSSR count). The molecule has 0 aliphatic carbocycles. The molecule has 118 valence electrons. The lowest BCUT2D eigenvalue weighted by molar-refractivity contribution is -0.990. The molecule has 1 aromatic carbocycles. The van der Waals surface area contributed by atoms with Gasteiger partial charge in [0.1, 0.15) is 11.4 Å². The minimum absolute atomic E-state index is 0.0213. The Bertz CT molecular complexity index is 533. The highest BCUT2D eigenvalue weighted by Crippen LogP contribution is 2.37. The van der Waals surface area contributed by atoms with Crippen molar-refractivity contribution in [1.82, 2.24) is 0 Å². The number of amides is 1. The number of hydrogen-bond donors (Lipinski definition) is 3. The van der Waals surface area contributed by atoms with E-state index in [4.69, 9.17) is 5.21 Å². The molecule has 0 spiro atoms. The van der Waals surface area contributed by atoms with Gasteiger partial charge in [0.2, 0.25) is 0 Å². The molecular formula is C10H9F5N2O4. The molecule has 0 saturated carbocycles. The number of ether oxygens (including phenoxy) is 1. The van der Waals surface area contributed by atoms with E-state index in [9.17, 15) is 32.0 Å². The summed E-state index contributed by atoms with van der Waals surface area (Å²) < 4.78 is 66.3. The van der Waals surface area contributed by atoms with Crippen LogP contribution in [0, 0.1) is 5.21 Å². The number of carbonyl (C=O) groups excluding carboxylic acids is 1. The molecule has 1 amide bonds. The van der Waals surface area contributed by atoms with Crippen LogP contribution in [0.25, 0.3) is 0 Å². The van der Waals surface area contributed by atoms with Gasteiger partial charge in [-0.15, -0.1) is 0 Å². The molecule has 3 N–H and O–H groups in total. The first-order chi connectivity index (χ1) is 9.50. The van der Waals surface area contributed by atoms with Crippen LogP contribution in [-0.4, -0.2) is 30.3 Å². The molecule has 11 heteroatoms. The molecule has 0 aliphatic heterocycles. The number of benzene rings is 1. The molecule has 0 bridgehead atoms. The van der Waals surface area contributed by atoms with Crippen molar-refractivity contribution < 1.29 is 41.9 Å². The third-order valence-corrected chi connectivity index (χ3v) is 2.35. The number of halogens is 5. The fraction of sp³-hybridized carbons (Fsp3) is 0.300. The maximum Gasteiger partial charge on any atom is 0.463 e. The summed E-state index contributed by atoms with van der Waals surface area (Å²) in [5.41, 5.74) is -1.40. The molecule has 6 nitrogen and oxygen atoms in total. The van der Waals surface area contributed by atoms with Crippen molar-refractivity contribution in [2.24, 2.45) is 0 Å². The fourth-order valence-electron chi connectivity index (χ4n) is 1.27. The van der Waals surface area contributed by atoms with E-state index in [0.717, 1.165) is 18.2 Å². The predicted molar refractivity (Wildman–Crippen MR) is 58.4 cm³/mol. The topological polar surface area (TPSA) is 86.1 Å². The quantitative estimate of drug-likeness (QED) is 0.576. The zero-order valence-corrected chi connectivity index (χ0v) is 10.3. The summed E-state index contributed by atoms with van der Waals surface area (Å²) in [5.74, 6) is -8.31. The normalized spacial score (nSPS) is 13.7. The molecule has 0 heterocycles. The summed E-state index contributed by atoms with van der Waals surface area (Å²) in [7, 11) is 1.19. The molecule has 0 saturated heterocycles. The number of methoxy groups -OCH3 is 1. The molecule has 0 radical (unpaired) electrons. The number of nitrogens with one attached hydrogen (secondary N) is 2. The maximum atomic E-state index is 12.8. The van der Waals surface area contributed by atoms with Crippen LogP contribution in [0.3, 0.4) is 0 Å². The molecule has 1 atom stereocenters. The molecule has 0 fully saturated rings. The Morgan fingerprint density at radius 3 is 2.33 bits per heavy atom. The van der Waals surface area contributed by atoms with Crippen LogP contribution in [0.2, 0.25) is 0 Å². The Kier molecular flexibility index (Phi) is 4.71. The Balaban J connectivity index is 3.11. The third kappa shape index (κ3) is 3.56. The Hall–Kier alpha value is -1.98. The lowest BCUT2D eigenvalue weighted by atomic mass is 10.2. The van der Waals surface area contributed by atoms with E-state index in [1.807, 2.05) is 0 Å². The van der Waals surface area contributed by atoms with Gasteiger partial charge in [0.25, 0.3) is 0 Å². The zero-order chi connectivity index (χ0) is 16.4. The monoisotopic (exact) mass is 316 g/mol. The van der Waals surface area contributed by atoms with Gasteiger partial charge < -0.3 is 15.3 Å². The second kappa shape index (κ2) is 5.79. The van der Waals surface area contributed by atoms with Crippen LogP contribution >= 0.6 is 0 Å². The average molecular weight is 316 g/mol. The average Bonchev–Trinajstić information content (AvgIpc) is 2.37. The summed E-state index contributed by atoms with van der Waals surface area (Å²) in [6.07, 6.45) is -6.09. The van der Waals surface area contributed by atoms with Gasteiger partial charge in [-0.3, -0.25) is 4.79 Å². The number of carbonyl (C=O) groups is 1. The van der Waals surface area contributed by atoms with Crippen molar-refractivity contribution in [3.8, 4) is 5.75 Å². The first kappa shape index (κ1) is 17.1. The van der Waals surface area contributed by atoms with E-state index in [1.54, 1.807) is 0 Å². The summed E-state index contributed by atoms with van der Waals surface area (Å²) >= 11 is 0. The summed E-state index contributed by atoms with van der Waals surface area (Å²) in [6.45, 7) is 0. The van der Waals surface area contributed by atoms with Crippen LogP contribution in [0.4, 0.5) is 33.3 Å². The van der Waals surface area contributed by atoms with E-state index >= 15 is 0 Å². The molecule has 0 aliphatic rings. The van der Waals surface area contributed by atoms with Gasteiger partial charge in [-0.25, -0.2) is 5.21 Å². The van der Waals surface area contributed by atoms with Gasteiger partial charge in [-0.1, -0.05) is 0 Å². The third-order valence-electron chi connectivity index (χ3n) is 2.35. The van der Waals surface area contributed by atoms with Gasteiger partial charge in [-0.05, 0) is 12.1 Å². The smallest absolute Gasteiger partial charge is 0.463 e. The van der Waals surface area contributed by atoms with Gasteiger partial charge in [-0.2, -0.15) is 27.2 Å². The van der Waals surface area contributed by atoms with E-state index in [1.165, 1.54) is 12.4 Å². The minimum atomic E-state index is -6.09. The minimum Gasteiger partial charge on any atom is -0.595 e. The van der Waals surface area contributed by atoms with Crippen molar-refractivity contribution >= 4 is 17.3 Å². The molecular weight excluding hydrogens is 307 g/mol. The van der Waals surface area contributed by atoms with Crippen LogP contribution in [0.1, 0.15) is 0 Å². The zero-order valence-electron chi connectivity index (χ0n) is 10.3.